The summed E-state index contributed by atoms with van der Waals surface area (Å²) in [7, 11) is 8.22. The molecule has 164 valence electrons. The number of halogens is 2. The molecule has 0 rings (SSSR count). The predicted octanol–water partition coefficient (Wildman–Crippen LogP) is 0.985. The number of quaternary nitrogens is 1. The second kappa shape index (κ2) is 27.6. The molecule has 0 aliphatic heterocycles. The molecule has 0 fully saturated rings. The number of aliphatic hydroxyl groups is 2. The van der Waals surface area contributed by atoms with Crippen molar-refractivity contribution < 1.29 is 27.1 Å². The zero-order valence-electron chi connectivity index (χ0n) is 18.4. The van der Waals surface area contributed by atoms with Gasteiger partial charge >= 0.3 is 0 Å². The highest BCUT2D eigenvalue weighted by Crippen LogP contribution is 2.04. The fourth-order valence-electron chi connectivity index (χ4n) is 2.07. The molecule has 0 radical (unpaired) electrons. The summed E-state index contributed by atoms with van der Waals surface area (Å²) >= 11 is 5.44. The van der Waals surface area contributed by atoms with Crippen molar-refractivity contribution in [3.05, 3.63) is 0 Å². The molecule has 0 unspecified atom stereocenters. The molecule has 0 bridgehead atoms. The highest BCUT2D eigenvalue weighted by molar-refractivity contribution is 6.17. The van der Waals surface area contributed by atoms with E-state index in [4.69, 9.17) is 21.8 Å². The number of rotatable bonds is 13. The fourth-order valence-corrected chi connectivity index (χ4v) is 2.26. The smallest absolute Gasteiger partial charge is 0.102 e. The molecule has 0 aliphatic rings. The number of alkyl halides is 1. The lowest BCUT2D eigenvalue weighted by Crippen LogP contribution is -3.00. The third-order valence-corrected chi connectivity index (χ3v) is 4.12. The highest BCUT2D eigenvalue weighted by atomic mass is 35.5. The van der Waals surface area contributed by atoms with Crippen LogP contribution in [0.15, 0.2) is 0 Å². The maximum absolute atomic E-state index is 8.79. The molecule has 0 atom stereocenters. The topological polar surface area (TPSA) is 43.7 Å². The van der Waals surface area contributed by atoms with Gasteiger partial charge in [-0.25, -0.2) is 0 Å². The average Bonchev–Trinajstić information content (AvgIpc) is 2.53. The van der Waals surface area contributed by atoms with Gasteiger partial charge in [0.05, 0.1) is 33.9 Å². The SMILES string of the molecule is CCCCCCCl.CCCCCC[N+](C)(C)CCO.CN(C)CCO.[Cl-]. The molecule has 4 nitrogen and oxygen atoms in total. The zero-order valence-corrected chi connectivity index (χ0v) is 20.0. The third kappa shape index (κ3) is 39.5. The minimum Gasteiger partial charge on any atom is -1.00 e. The Hall–Kier alpha value is 0.420. The molecule has 0 aromatic carbocycles. The van der Waals surface area contributed by atoms with Crippen molar-refractivity contribution in [1.29, 1.82) is 0 Å². The summed E-state index contributed by atoms with van der Waals surface area (Å²) in [6.07, 6.45) is 10.4. The molecule has 2 N–H and O–H groups in total. The number of unbranched alkanes of at least 4 members (excludes halogenated alkanes) is 6. The van der Waals surface area contributed by atoms with Crippen molar-refractivity contribution in [2.75, 3.05) is 66.9 Å². The first-order chi connectivity index (χ1) is 11.8. The second-order valence-electron chi connectivity index (χ2n) is 7.44. The number of hydrogen-bond donors (Lipinski definition) is 2. The van der Waals surface area contributed by atoms with Crippen molar-refractivity contribution in [1.82, 2.24) is 4.90 Å². The Morgan fingerprint density at radius 1 is 0.769 bits per heavy atom. The van der Waals surface area contributed by atoms with Crippen molar-refractivity contribution in [2.24, 2.45) is 0 Å². The first-order valence-corrected chi connectivity index (χ1v) is 10.6. The maximum Gasteiger partial charge on any atom is 0.102 e. The summed E-state index contributed by atoms with van der Waals surface area (Å²) in [6.45, 7) is 7.84. The average molecular weight is 420 g/mol. The van der Waals surface area contributed by atoms with Gasteiger partial charge in [0.1, 0.15) is 6.54 Å². The molecular weight excluding hydrogens is 371 g/mol. The molecule has 0 saturated carbocycles. The van der Waals surface area contributed by atoms with Crippen LogP contribution in [0, 0.1) is 0 Å². The van der Waals surface area contributed by atoms with E-state index in [1.54, 1.807) is 0 Å². The van der Waals surface area contributed by atoms with E-state index in [2.05, 4.69) is 27.9 Å². The molecule has 0 spiro atoms. The van der Waals surface area contributed by atoms with E-state index in [1.807, 2.05) is 19.0 Å². The first-order valence-electron chi connectivity index (χ1n) is 10.1. The van der Waals surface area contributed by atoms with Crippen LogP contribution in [0.1, 0.15) is 65.2 Å². The summed E-state index contributed by atoms with van der Waals surface area (Å²) in [6, 6.07) is 0. The minimum absolute atomic E-state index is 0. The van der Waals surface area contributed by atoms with Gasteiger partial charge in [0.25, 0.3) is 0 Å². The van der Waals surface area contributed by atoms with Crippen LogP contribution < -0.4 is 12.4 Å². The van der Waals surface area contributed by atoms with Gasteiger partial charge in [-0.15, -0.1) is 11.6 Å². The van der Waals surface area contributed by atoms with E-state index in [1.165, 1.54) is 57.9 Å². The van der Waals surface area contributed by atoms with E-state index in [0.717, 1.165) is 23.5 Å². The van der Waals surface area contributed by atoms with Gasteiger partial charge < -0.3 is 32.0 Å². The summed E-state index contributed by atoms with van der Waals surface area (Å²) < 4.78 is 0.959. The second-order valence-corrected chi connectivity index (χ2v) is 7.82. The molecule has 0 heterocycles. The predicted molar refractivity (Wildman–Crippen MR) is 114 cm³/mol. The van der Waals surface area contributed by atoms with Crippen molar-refractivity contribution in [3.63, 3.8) is 0 Å². The number of aliphatic hydroxyl groups excluding tert-OH is 2. The van der Waals surface area contributed by atoms with Crippen LogP contribution in [0.3, 0.4) is 0 Å². The Morgan fingerprint density at radius 2 is 1.27 bits per heavy atom. The molecule has 0 aliphatic carbocycles. The first kappa shape index (κ1) is 34.0. The standard InChI is InChI=1S/C10H24NO.C6H13Cl.C4H11NO.ClH/c1-4-5-6-7-8-11(2,3)9-10-12;1-2-3-4-5-6-7;1-5(2)3-4-6;/h12H,4-10H2,1-3H3;2-6H2,1H3;6H,3-4H2,1-2H3;1H/q+1;;;/p-1. The maximum atomic E-state index is 8.79. The molecule has 0 saturated heterocycles. The summed E-state index contributed by atoms with van der Waals surface area (Å²) in [4.78, 5) is 1.93. The molecular formula is C20H48Cl2N2O2. The Kier molecular flexibility index (Phi) is 36.1. The molecule has 6 heteroatoms. The van der Waals surface area contributed by atoms with Gasteiger partial charge in [0.2, 0.25) is 0 Å². The number of nitrogens with zero attached hydrogens (tertiary/aromatic N) is 2. The van der Waals surface area contributed by atoms with E-state index in [0.29, 0.717) is 6.61 Å². The van der Waals surface area contributed by atoms with Crippen LogP contribution in [0.25, 0.3) is 0 Å². The fraction of sp³-hybridized carbons (Fsp3) is 1.00. The minimum atomic E-state index is 0. The Morgan fingerprint density at radius 3 is 1.58 bits per heavy atom. The zero-order chi connectivity index (χ0) is 20.0. The van der Waals surface area contributed by atoms with E-state index < -0.39 is 0 Å². The number of likely N-dealkylation sites (N-methyl/N-ethyl adjacent to an activating group) is 2. The molecule has 0 amide bonds. The van der Waals surface area contributed by atoms with Crippen molar-refractivity contribution in [3.8, 4) is 0 Å². The van der Waals surface area contributed by atoms with Gasteiger partial charge in [-0.2, -0.15) is 0 Å². The monoisotopic (exact) mass is 418 g/mol. The van der Waals surface area contributed by atoms with Crippen LogP contribution >= 0.6 is 11.6 Å². The quantitative estimate of drug-likeness (QED) is 0.266. The molecule has 0 aromatic rings. The van der Waals surface area contributed by atoms with E-state index in [9.17, 15) is 0 Å². The lowest BCUT2D eigenvalue weighted by Gasteiger charge is -2.28. The lowest BCUT2D eigenvalue weighted by atomic mass is 10.2. The number of hydrogen-bond acceptors (Lipinski definition) is 3. The van der Waals surface area contributed by atoms with Crippen LogP contribution in [0.4, 0.5) is 0 Å². The van der Waals surface area contributed by atoms with Crippen LogP contribution in [0.2, 0.25) is 0 Å². The van der Waals surface area contributed by atoms with Gasteiger partial charge in [-0.05, 0) is 33.4 Å². The Labute approximate surface area is 175 Å². The van der Waals surface area contributed by atoms with Crippen LogP contribution in [0.5, 0.6) is 0 Å². The third-order valence-electron chi connectivity index (χ3n) is 3.86. The molecule has 0 aromatic heterocycles. The summed E-state index contributed by atoms with van der Waals surface area (Å²) in [5, 5.41) is 17.0. The van der Waals surface area contributed by atoms with Crippen molar-refractivity contribution >= 4 is 11.6 Å². The normalized spacial score (nSPS) is 10.4. The van der Waals surface area contributed by atoms with Crippen LogP contribution in [-0.2, 0) is 0 Å². The summed E-state index contributed by atoms with van der Waals surface area (Å²) in [5.74, 6) is 0.833. The highest BCUT2D eigenvalue weighted by Gasteiger charge is 2.12. The van der Waals surface area contributed by atoms with E-state index >= 15 is 0 Å². The van der Waals surface area contributed by atoms with Gasteiger partial charge in [-0.1, -0.05) is 46.0 Å². The lowest BCUT2D eigenvalue weighted by molar-refractivity contribution is -0.890. The van der Waals surface area contributed by atoms with Gasteiger partial charge in [-0.3, -0.25) is 0 Å². The van der Waals surface area contributed by atoms with Gasteiger partial charge in [0, 0.05) is 12.4 Å². The Balaban J connectivity index is -0.000000149. The van der Waals surface area contributed by atoms with Gasteiger partial charge in [0.15, 0.2) is 0 Å². The Bertz CT molecular complexity index is 228. The largest absolute Gasteiger partial charge is 1.00 e. The van der Waals surface area contributed by atoms with E-state index in [-0.39, 0.29) is 19.0 Å². The van der Waals surface area contributed by atoms with Crippen molar-refractivity contribution in [2.45, 2.75) is 65.2 Å². The van der Waals surface area contributed by atoms with Crippen LogP contribution in [-0.4, -0.2) is 86.5 Å². The summed E-state index contributed by atoms with van der Waals surface area (Å²) in [5.41, 5.74) is 0. The molecule has 26 heavy (non-hydrogen) atoms.